The Hall–Kier alpha value is -2.11. The van der Waals surface area contributed by atoms with E-state index in [9.17, 15) is 9.59 Å². The molecular weight excluding hydrogens is 342 g/mol. The van der Waals surface area contributed by atoms with Gasteiger partial charge in [0.1, 0.15) is 5.60 Å². The molecule has 1 aromatic heterocycles. The Morgan fingerprint density at radius 1 is 1.11 bits per heavy atom. The SMILES string of the molecule is Cc1ccc(C(C)(C)NC(=O)C2[C@H]3CN(C(=O)OC(C)(C)C)C[C@@H]23)c(C)n1. The fourth-order valence-corrected chi connectivity index (χ4v) is 4.20. The zero-order valence-corrected chi connectivity index (χ0v) is 17.4. The van der Waals surface area contributed by atoms with Crippen LogP contribution in [0.3, 0.4) is 0 Å². The maximum atomic E-state index is 12.8. The molecule has 3 rings (SSSR count). The number of piperidine rings is 1. The zero-order valence-electron chi connectivity index (χ0n) is 17.4. The number of hydrogen-bond acceptors (Lipinski definition) is 4. The quantitative estimate of drug-likeness (QED) is 0.883. The van der Waals surface area contributed by atoms with Gasteiger partial charge in [-0.25, -0.2) is 4.79 Å². The normalized spacial score (nSPS) is 24.4. The van der Waals surface area contributed by atoms with Crippen molar-refractivity contribution in [2.75, 3.05) is 13.1 Å². The van der Waals surface area contributed by atoms with Gasteiger partial charge in [0.05, 0.1) is 5.54 Å². The van der Waals surface area contributed by atoms with Crippen LogP contribution in [0.1, 0.15) is 51.6 Å². The van der Waals surface area contributed by atoms with Crippen molar-refractivity contribution in [3.63, 3.8) is 0 Å². The van der Waals surface area contributed by atoms with E-state index in [0.717, 1.165) is 17.0 Å². The third-order valence-electron chi connectivity index (χ3n) is 5.48. The van der Waals surface area contributed by atoms with Gasteiger partial charge < -0.3 is 15.0 Å². The summed E-state index contributed by atoms with van der Waals surface area (Å²) in [4.78, 5) is 31.2. The summed E-state index contributed by atoms with van der Waals surface area (Å²) in [5.74, 6) is 0.539. The van der Waals surface area contributed by atoms with Crippen LogP contribution in [0, 0.1) is 31.6 Å². The average molecular weight is 373 g/mol. The molecule has 1 saturated heterocycles. The molecule has 0 radical (unpaired) electrons. The van der Waals surface area contributed by atoms with Crippen LogP contribution in [0.15, 0.2) is 12.1 Å². The van der Waals surface area contributed by atoms with Gasteiger partial charge in [-0.3, -0.25) is 9.78 Å². The summed E-state index contributed by atoms with van der Waals surface area (Å²) in [6.07, 6.45) is -0.282. The maximum Gasteiger partial charge on any atom is 0.410 e. The molecular formula is C21H31N3O3. The highest BCUT2D eigenvalue weighted by Crippen LogP contribution is 2.52. The van der Waals surface area contributed by atoms with E-state index in [0.29, 0.717) is 13.1 Å². The molecule has 2 fully saturated rings. The van der Waals surface area contributed by atoms with Gasteiger partial charge in [0.25, 0.3) is 0 Å². The van der Waals surface area contributed by atoms with Crippen molar-refractivity contribution < 1.29 is 14.3 Å². The number of aromatic nitrogens is 1. The highest BCUT2D eigenvalue weighted by molar-refractivity contribution is 5.84. The number of amides is 2. The monoisotopic (exact) mass is 373 g/mol. The molecule has 148 valence electrons. The summed E-state index contributed by atoms with van der Waals surface area (Å²) in [7, 11) is 0. The fraction of sp³-hybridized carbons (Fsp3) is 0.667. The van der Waals surface area contributed by atoms with Gasteiger partial charge in [-0.05, 0) is 71.9 Å². The predicted molar refractivity (Wildman–Crippen MR) is 103 cm³/mol. The molecule has 1 saturated carbocycles. The number of likely N-dealkylation sites (tertiary alicyclic amines) is 1. The van der Waals surface area contributed by atoms with Gasteiger partial charge >= 0.3 is 6.09 Å². The van der Waals surface area contributed by atoms with E-state index in [2.05, 4.69) is 10.3 Å². The Balaban J connectivity index is 1.58. The molecule has 2 amide bonds. The molecule has 2 aliphatic rings. The summed E-state index contributed by atoms with van der Waals surface area (Å²) in [6, 6.07) is 4.01. The van der Waals surface area contributed by atoms with Crippen molar-refractivity contribution in [2.24, 2.45) is 17.8 Å². The van der Waals surface area contributed by atoms with Gasteiger partial charge in [-0.1, -0.05) is 6.07 Å². The maximum absolute atomic E-state index is 12.8. The molecule has 1 aliphatic heterocycles. The highest BCUT2D eigenvalue weighted by Gasteiger charge is 2.61. The Morgan fingerprint density at radius 2 is 1.70 bits per heavy atom. The van der Waals surface area contributed by atoms with E-state index >= 15 is 0 Å². The first-order valence-electron chi connectivity index (χ1n) is 9.64. The zero-order chi connectivity index (χ0) is 20.1. The highest BCUT2D eigenvalue weighted by atomic mass is 16.6. The van der Waals surface area contributed by atoms with E-state index < -0.39 is 11.1 Å². The van der Waals surface area contributed by atoms with Crippen molar-refractivity contribution in [3.8, 4) is 0 Å². The molecule has 3 atom stereocenters. The number of aryl methyl sites for hydroxylation is 2. The minimum atomic E-state index is -0.495. The lowest BCUT2D eigenvalue weighted by Crippen LogP contribution is -2.44. The summed E-state index contributed by atoms with van der Waals surface area (Å²) in [5.41, 5.74) is 1.96. The Morgan fingerprint density at radius 3 is 2.22 bits per heavy atom. The Kier molecular flexibility index (Phi) is 4.73. The van der Waals surface area contributed by atoms with Crippen molar-refractivity contribution in [2.45, 2.75) is 59.6 Å². The molecule has 27 heavy (non-hydrogen) atoms. The van der Waals surface area contributed by atoms with Crippen molar-refractivity contribution in [1.29, 1.82) is 0 Å². The number of nitrogens with one attached hydrogen (secondary N) is 1. The van der Waals surface area contributed by atoms with Gasteiger partial charge in [-0.2, -0.15) is 0 Å². The number of carbonyl (C=O) groups is 2. The second-order valence-corrected chi connectivity index (χ2v) is 9.44. The van der Waals surface area contributed by atoms with Crippen LogP contribution in [0.25, 0.3) is 0 Å². The molecule has 1 unspecified atom stereocenters. The molecule has 1 aromatic rings. The van der Waals surface area contributed by atoms with Crippen LogP contribution >= 0.6 is 0 Å². The first kappa shape index (κ1) is 19.6. The van der Waals surface area contributed by atoms with Crippen molar-refractivity contribution in [1.82, 2.24) is 15.2 Å². The lowest BCUT2D eigenvalue weighted by molar-refractivity contribution is -0.125. The molecule has 0 aromatic carbocycles. The molecule has 1 N–H and O–H groups in total. The first-order valence-corrected chi connectivity index (χ1v) is 9.64. The van der Waals surface area contributed by atoms with Crippen LogP contribution in [-0.4, -0.2) is 40.6 Å². The van der Waals surface area contributed by atoms with Crippen LogP contribution in [0.5, 0.6) is 0 Å². The van der Waals surface area contributed by atoms with Crippen LogP contribution in [0.4, 0.5) is 4.79 Å². The summed E-state index contributed by atoms with van der Waals surface area (Å²) in [5, 5.41) is 3.19. The predicted octanol–water partition coefficient (Wildman–Crippen LogP) is 3.16. The van der Waals surface area contributed by atoms with Gasteiger partial charge in [0.15, 0.2) is 0 Å². The van der Waals surface area contributed by atoms with Gasteiger partial charge in [0.2, 0.25) is 5.91 Å². The van der Waals surface area contributed by atoms with Gasteiger partial charge in [-0.15, -0.1) is 0 Å². The number of fused-ring (bicyclic) bond motifs is 1. The largest absolute Gasteiger partial charge is 0.444 e. The average Bonchev–Trinajstić information content (AvgIpc) is 2.99. The number of ether oxygens (including phenoxy) is 1. The Bertz CT molecular complexity index is 754. The standard InChI is InChI=1S/C21H31N3O3/c1-12-8-9-16(13(2)22-12)21(6,7)23-18(25)17-14-10-24(11-15(14)17)19(26)27-20(3,4)5/h8-9,14-15,17H,10-11H2,1-7H3,(H,23,25)/t14-,15+,17?. The molecule has 6 nitrogen and oxygen atoms in total. The molecule has 1 aliphatic carbocycles. The molecule has 2 heterocycles. The minimum Gasteiger partial charge on any atom is -0.444 e. The van der Waals surface area contributed by atoms with E-state index in [4.69, 9.17) is 4.74 Å². The van der Waals surface area contributed by atoms with E-state index in [-0.39, 0.29) is 29.8 Å². The number of rotatable bonds is 3. The van der Waals surface area contributed by atoms with Crippen molar-refractivity contribution >= 4 is 12.0 Å². The molecule has 6 heteroatoms. The number of carbonyl (C=O) groups excluding carboxylic acids is 2. The fourth-order valence-electron chi connectivity index (χ4n) is 4.20. The summed E-state index contributed by atoms with van der Waals surface area (Å²) >= 11 is 0. The minimum absolute atomic E-state index is 0.0123. The van der Waals surface area contributed by atoms with Gasteiger partial charge in [0, 0.05) is 30.4 Å². The summed E-state index contributed by atoms with van der Waals surface area (Å²) in [6.45, 7) is 14.7. The summed E-state index contributed by atoms with van der Waals surface area (Å²) < 4.78 is 5.43. The van der Waals surface area contributed by atoms with Crippen LogP contribution < -0.4 is 5.32 Å². The van der Waals surface area contributed by atoms with E-state index in [1.807, 2.05) is 60.6 Å². The lowest BCUT2D eigenvalue weighted by atomic mass is 9.92. The number of nitrogens with zero attached hydrogens (tertiary/aromatic N) is 2. The topological polar surface area (TPSA) is 71.5 Å². The smallest absolute Gasteiger partial charge is 0.410 e. The van der Waals surface area contributed by atoms with Crippen LogP contribution in [0.2, 0.25) is 0 Å². The first-order chi connectivity index (χ1) is 12.4. The molecule has 0 bridgehead atoms. The molecule has 0 spiro atoms. The lowest BCUT2D eigenvalue weighted by Gasteiger charge is -2.29. The van der Waals surface area contributed by atoms with E-state index in [1.54, 1.807) is 4.90 Å². The van der Waals surface area contributed by atoms with Crippen molar-refractivity contribution in [3.05, 3.63) is 29.1 Å². The second kappa shape index (κ2) is 6.50. The third kappa shape index (κ3) is 4.09. The number of pyridine rings is 1. The Labute approximate surface area is 161 Å². The third-order valence-corrected chi connectivity index (χ3v) is 5.48. The van der Waals surface area contributed by atoms with E-state index in [1.165, 1.54) is 0 Å². The second-order valence-electron chi connectivity index (χ2n) is 9.44. The number of hydrogen-bond donors (Lipinski definition) is 1. The van der Waals surface area contributed by atoms with Crippen LogP contribution in [-0.2, 0) is 15.1 Å².